The van der Waals surface area contributed by atoms with Gasteiger partial charge in [-0.15, -0.1) is 0 Å². The maximum Gasteiger partial charge on any atom is 0.191 e. The van der Waals surface area contributed by atoms with Gasteiger partial charge in [-0.3, -0.25) is 9.59 Å². The lowest BCUT2D eigenvalue weighted by Gasteiger charge is -2.63. The zero-order chi connectivity index (χ0) is 22.6. The molecule has 1 heterocycles. The highest BCUT2D eigenvalue weighted by molar-refractivity contribution is 6.01. The first-order valence-corrected chi connectivity index (χ1v) is 11.5. The first kappa shape index (κ1) is 21.5. The highest BCUT2D eigenvalue weighted by Gasteiger charge is 2.77. The van der Waals surface area contributed by atoms with Crippen LogP contribution in [0.4, 0.5) is 4.39 Å². The summed E-state index contributed by atoms with van der Waals surface area (Å²) in [5.74, 6) is -1.80. The molecule has 0 amide bonds. The Morgan fingerprint density at radius 2 is 1.87 bits per heavy atom. The van der Waals surface area contributed by atoms with Crippen molar-refractivity contribution in [3.63, 3.8) is 0 Å². The van der Waals surface area contributed by atoms with E-state index in [1.54, 1.807) is 12.2 Å². The van der Waals surface area contributed by atoms with E-state index in [4.69, 9.17) is 9.47 Å². The number of hydrogen-bond acceptors (Lipinski definition) is 5. The number of alkyl halides is 1. The Bertz CT molecular complexity index is 923. The molecule has 1 aliphatic heterocycles. The van der Waals surface area contributed by atoms with E-state index in [-0.39, 0.29) is 36.4 Å². The number of aliphatic hydroxyl groups is 1. The molecule has 0 aromatic heterocycles. The monoisotopic (exact) mass is 432 g/mol. The van der Waals surface area contributed by atoms with E-state index in [0.29, 0.717) is 19.3 Å². The molecule has 1 spiro atoms. The summed E-state index contributed by atoms with van der Waals surface area (Å²) in [5.41, 5.74) is -3.95. The lowest BCUT2D eigenvalue weighted by molar-refractivity contribution is -0.326. The predicted octanol–water partition coefficient (Wildman–Crippen LogP) is 3.69. The van der Waals surface area contributed by atoms with Gasteiger partial charge in [-0.2, -0.15) is 0 Å². The Morgan fingerprint density at radius 3 is 2.58 bits per heavy atom. The van der Waals surface area contributed by atoms with E-state index >= 15 is 4.39 Å². The van der Waals surface area contributed by atoms with Crippen LogP contribution in [0, 0.1) is 28.6 Å². The first-order chi connectivity index (χ1) is 14.3. The number of Topliss-reactive ketones (excluding diaryl/α,β-unsaturated/α-hetero) is 1. The average molecular weight is 433 g/mol. The van der Waals surface area contributed by atoms with E-state index in [1.165, 1.54) is 6.08 Å². The van der Waals surface area contributed by atoms with E-state index < -0.39 is 39.9 Å². The second kappa shape index (κ2) is 6.15. The molecular weight excluding hydrogens is 399 g/mol. The number of allylic oxidation sites excluding steroid dienone is 4. The molecule has 8 atom stereocenters. The van der Waals surface area contributed by atoms with Crippen LogP contribution in [0.3, 0.4) is 0 Å². The first-order valence-electron chi connectivity index (χ1n) is 11.5. The van der Waals surface area contributed by atoms with Gasteiger partial charge in [0.25, 0.3) is 0 Å². The third-order valence-electron chi connectivity index (χ3n) is 9.55. The SMILES string of the molecule is C[C@@H]1CC2C3CCC4=CC(=O)C=C[C@]4(C)[C@@]3(F)[C@@H](O)C[C@]2(C)[C@]12OC(C)(C)OCC2=O. The van der Waals surface area contributed by atoms with E-state index in [2.05, 4.69) is 0 Å². The molecule has 3 saturated carbocycles. The fourth-order valence-electron chi connectivity index (χ4n) is 8.16. The van der Waals surface area contributed by atoms with Crippen molar-refractivity contribution in [2.45, 2.75) is 83.5 Å². The van der Waals surface area contributed by atoms with Crippen LogP contribution < -0.4 is 0 Å². The van der Waals surface area contributed by atoms with Crippen LogP contribution in [0.15, 0.2) is 23.8 Å². The standard InChI is InChI=1S/C25H33FO5/c1-14-10-18-17-7-6-15-11-16(27)8-9-22(15,4)24(17,26)19(28)12-23(18,5)25(14)20(29)13-30-21(2,3)31-25/h8-9,11,14,17-19,28H,6-7,10,12-13H2,1-5H3/t14-,17?,18?,19+,22+,23+,24+,25+/m1/s1. The maximum absolute atomic E-state index is 17.2. The summed E-state index contributed by atoms with van der Waals surface area (Å²) < 4.78 is 29.3. The van der Waals surface area contributed by atoms with Crippen molar-refractivity contribution < 1.29 is 28.6 Å². The highest BCUT2D eigenvalue weighted by Crippen LogP contribution is 2.72. The van der Waals surface area contributed by atoms with Gasteiger partial charge in [0.05, 0.1) is 6.10 Å². The van der Waals surface area contributed by atoms with Crippen molar-refractivity contribution in [2.75, 3.05) is 6.61 Å². The minimum Gasteiger partial charge on any atom is -0.390 e. The van der Waals surface area contributed by atoms with Gasteiger partial charge in [-0.1, -0.05) is 25.5 Å². The van der Waals surface area contributed by atoms with Crippen molar-refractivity contribution in [3.05, 3.63) is 23.8 Å². The Morgan fingerprint density at radius 1 is 1.16 bits per heavy atom. The Balaban J connectivity index is 1.63. The van der Waals surface area contributed by atoms with Gasteiger partial charge >= 0.3 is 0 Å². The molecule has 0 radical (unpaired) electrons. The fraction of sp³-hybridized carbons (Fsp3) is 0.760. The lowest BCUT2D eigenvalue weighted by atomic mass is 9.44. The van der Waals surface area contributed by atoms with E-state index in [9.17, 15) is 14.7 Å². The molecule has 1 saturated heterocycles. The summed E-state index contributed by atoms with van der Waals surface area (Å²) in [4.78, 5) is 25.3. The van der Waals surface area contributed by atoms with Gasteiger partial charge in [0.2, 0.25) is 0 Å². The van der Waals surface area contributed by atoms with Crippen molar-refractivity contribution in [3.8, 4) is 0 Å². The summed E-state index contributed by atoms with van der Waals surface area (Å²) in [6, 6.07) is 0. The van der Waals surface area contributed by atoms with Crippen LogP contribution in [-0.2, 0) is 19.1 Å². The van der Waals surface area contributed by atoms with Crippen LogP contribution in [0.2, 0.25) is 0 Å². The number of aliphatic hydroxyl groups excluding tert-OH is 1. The van der Waals surface area contributed by atoms with Crippen molar-refractivity contribution in [2.24, 2.45) is 28.6 Å². The van der Waals surface area contributed by atoms with Crippen LogP contribution in [0.25, 0.3) is 0 Å². The maximum atomic E-state index is 17.2. The molecule has 31 heavy (non-hydrogen) atoms. The van der Waals surface area contributed by atoms with E-state index in [1.807, 2.05) is 34.6 Å². The quantitative estimate of drug-likeness (QED) is 0.632. The van der Waals surface area contributed by atoms with Crippen molar-refractivity contribution >= 4 is 11.6 Å². The molecule has 170 valence electrons. The number of halogens is 1. The molecule has 4 aliphatic carbocycles. The highest BCUT2D eigenvalue weighted by atomic mass is 19.1. The van der Waals surface area contributed by atoms with Gasteiger partial charge in [0.1, 0.15) is 12.2 Å². The molecule has 4 fully saturated rings. The lowest BCUT2D eigenvalue weighted by Crippen LogP contribution is -2.71. The number of ether oxygens (including phenoxy) is 2. The number of carbonyl (C=O) groups is 2. The molecule has 6 heteroatoms. The Labute approximate surface area is 183 Å². The zero-order valence-electron chi connectivity index (χ0n) is 19.0. The molecule has 5 aliphatic rings. The predicted molar refractivity (Wildman–Crippen MR) is 112 cm³/mol. The zero-order valence-corrected chi connectivity index (χ0v) is 19.0. The molecule has 2 unspecified atom stereocenters. The summed E-state index contributed by atoms with van der Waals surface area (Å²) in [5, 5.41) is 11.4. The van der Waals surface area contributed by atoms with Crippen molar-refractivity contribution in [1.82, 2.24) is 0 Å². The summed E-state index contributed by atoms with van der Waals surface area (Å²) in [6.07, 6.45) is 5.34. The second-order valence-electron chi connectivity index (χ2n) is 11.4. The summed E-state index contributed by atoms with van der Waals surface area (Å²) in [7, 11) is 0. The van der Waals surface area contributed by atoms with E-state index in [0.717, 1.165) is 5.57 Å². The molecule has 1 N–H and O–H groups in total. The molecule has 0 aromatic rings. The van der Waals surface area contributed by atoms with Crippen molar-refractivity contribution in [1.29, 1.82) is 0 Å². The minimum absolute atomic E-state index is 0.0311. The normalized spacial score (nSPS) is 53.1. The Hall–Kier alpha value is -1.37. The number of ketones is 2. The van der Waals surface area contributed by atoms with Gasteiger partial charge in [-0.25, -0.2) is 4.39 Å². The van der Waals surface area contributed by atoms with Gasteiger partial charge in [-0.05, 0) is 70.4 Å². The number of fused-ring (bicyclic) bond motifs is 6. The smallest absolute Gasteiger partial charge is 0.191 e. The van der Waals surface area contributed by atoms with Crippen LogP contribution in [-0.4, -0.2) is 46.4 Å². The van der Waals surface area contributed by atoms with Crippen LogP contribution in [0.1, 0.15) is 60.3 Å². The van der Waals surface area contributed by atoms with Gasteiger partial charge in [0, 0.05) is 16.7 Å². The third kappa shape index (κ3) is 2.37. The number of rotatable bonds is 0. The molecule has 5 nitrogen and oxygen atoms in total. The topological polar surface area (TPSA) is 72.8 Å². The second-order valence-corrected chi connectivity index (χ2v) is 11.4. The van der Waals surface area contributed by atoms with Gasteiger partial charge < -0.3 is 14.6 Å². The molecule has 0 aromatic carbocycles. The largest absolute Gasteiger partial charge is 0.390 e. The molecular formula is C25H33FO5. The summed E-state index contributed by atoms with van der Waals surface area (Å²) >= 11 is 0. The fourth-order valence-corrected chi connectivity index (χ4v) is 8.16. The van der Waals surface area contributed by atoms with Crippen LogP contribution in [0.5, 0.6) is 0 Å². The summed E-state index contributed by atoms with van der Waals surface area (Å²) in [6.45, 7) is 9.43. The number of hydrogen-bond donors (Lipinski definition) is 1. The molecule has 5 rings (SSSR count). The average Bonchev–Trinajstić information content (AvgIpc) is 2.88. The minimum atomic E-state index is -1.90. The molecule has 0 bridgehead atoms. The van der Waals surface area contributed by atoms with Gasteiger partial charge in [0.15, 0.2) is 23.0 Å². The Kier molecular flexibility index (Phi) is 4.26. The van der Waals surface area contributed by atoms with Crippen LogP contribution >= 0.6 is 0 Å². The third-order valence-corrected chi connectivity index (χ3v) is 9.55. The number of carbonyl (C=O) groups excluding carboxylic acids is 2.